The maximum atomic E-state index is 13.3. The summed E-state index contributed by atoms with van der Waals surface area (Å²) in [5.74, 6) is 0.179. The van der Waals surface area contributed by atoms with Crippen molar-refractivity contribution in [3.8, 4) is 5.75 Å². The second-order valence-corrected chi connectivity index (χ2v) is 4.25. The van der Waals surface area contributed by atoms with Gasteiger partial charge in [0.25, 0.3) is 0 Å². The van der Waals surface area contributed by atoms with Crippen LogP contribution in [0.4, 0.5) is 4.39 Å². The van der Waals surface area contributed by atoms with Gasteiger partial charge in [-0.2, -0.15) is 0 Å². The molecule has 17 heavy (non-hydrogen) atoms. The van der Waals surface area contributed by atoms with Crippen molar-refractivity contribution in [2.45, 2.75) is 11.5 Å². The Morgan fingerprint density at radius 1 is 1.59 bits per heavy atom. The summed E-state index contributed by atoms with van der Waals surface area (Å²) in [6, 6.07) is 4.25. The number of hydrogen-bond donors (Lipinski definition) is 2. The highest BCUT2D eigenvalue weighted by Crippen LogP contribution is 2.40. The first kappa shape index (κ1) is 12.3. The van der Waals surface area contributed by atoms with Crippen molar-refractivity contribution in [2.24, 2.45) is 5.73 Å². The predicted molar refractivity (Wildman–Crippen MR) is 60.5 cm³/mol. The van der Waals surface area contributed by atoms with Gasteiger partial charge in [-0.3, -0.25) is 0 Å². The number of rotatable bonds is 4. The fourth-order valence-electron chi connectivity index (χ4n) is 2.14. The Balaban J connectivity index is 2.46. The van der Waals surface area contributed by atoms with Crippen LogP contribution in [0.15, 0.2) is 18.2 Å². The molecule has 1 heterocycles. The molecular formula is C12H16FNO3. The molecule has 0 spiro atoms. The van der Waals surface area contributed by atoms with Gasteiger partial charge in [0.15, 0.2) is 0 Å². The Labute approximate surface area is 99.1 Å². The van der Waals surface area contributed by atoms with Crippen LogP contribution in [-0.4, -0.2) is 38.1 Å². The summed E-state index contributed by atoms with van der Waals surface area (Å²) >= 11 is 0. The zero-order chi connectivity index (χ0) is 12.5. The van der Waals surface area contributed by atoms with Gasteiger partial charge in [0.1, 0.15) is 11.6 Å². The minimum Gasteiger partial charge on any atom is -0.496 e. The average Bonchev–Trinajstić information content (AvgIpc) is 2.27. The number of aliphatic hydroxyl groups is 1. The summed E-state index contributed by atoms with van der Waals surface area (Å²) in [5.41, 5.74) is 5.46. The molecule has 0 saturated carbocycles. The quantitative estimate of drug-likeness (QED) is 0.802. The summed E-state index contributed by atoms with van der Waals surface area (Å²) < 4.78 is 23.7. The monoisotopic (exact) mass is 241 g/mol. The van der Waals surface area contributed by atoms with Crippen LogP contribution in [0, 0.1) is 5.82 Å². The maximum Gasteiger partial charge on any atom is 0.123 e. The lowest BCUT2D eigenvalue weighted by atomic mass is 9.73. The Hall–Kier alpha value is -1.17. The van der Waals surface area contributed by atoms with E-state index in [4.69, 9.17) is 15.2 Å². The van der Waals surface area contributed by atoms with E-state index in [-0.39, 0.29) is 12.4 Å². The van der Waals surface area contributed by atoms with Gasteiger partial charge < -0.3 is 20.3 Å². The van der Waals surface area contributed by atoms with Crippen molar-refractivity contribution in [1.82, 2.24) is 0 Å². The van der Waals surface area contributed by atoms with E-state index in [1.165, 1.54) is 19.2 Å². The molecule has 4 nitrogen and oxygen atoms in total. The number of halogens is 1. The van der Waals surface area contributed by atoms with Crippen LogP contribution < -0.4 is 10.5 Å². The fourth-order valence-corrected chi connectivity index (χ4v) is 2.14. The Bertz CT molecular complexity index is 407. The van der Waals surface area contributed by atoms with E-state index in [2.05, 4.69) is 0 Å². The van der Waals surface area contributed by atoms with Crippen LogP contribution in [0.1, 0.15) is 5.56 Å². The van der Waals surface area contributed by atoms with Gasteiger partial charge in [0.2, 0.25) is 0 Å². The second kappa shape index (κ2) is 4.60. The number of ether oxygens (including phenoxy) is 2. The first-order chi connectivity index (χ1) is 8.14. The molecule has 1 aromatic rings. The first-order valence-electron chi connectivity index (χ1n) is 5.44. The van der Waals surface area contributed by atoms with Crippen molar-refractivity contribution in [3.05, 3.63) is 29.6 Å². The van der Waals surface area contributed by atoms with Gasteiger partial charge in [0.05, 0.1) is 31.8 Å². The SMILES string of the molecule is COc1ccc(F)cc1C1(C(O)CN)COC1. The molecule has 1 unspecified atom stereocenters. The third-order valence-electron chi connectivity index (χ3n) is 3.28. The van der Waals surface area contributed by atoms with E-state index < -0.39 is 11.5 Å². The fraction of sp³-hybridized carbons (Fsp3) is 0.500. The minimum atomic E-state index is -0.771. The molecule has 94 valence electrons. The van der Waals surface area contributed by atoms with Crippen molar-refractivity contribution in [1.29, 1.82) is 0 Å². The lowest BCUT2D eigenvalue weighted by molar-refractivity contribution is -0.117. The van der Waals surface area contributed by atoms with E-state index >= 15 is 0 Å². The van der Waals surface area contributed by atoms with E-state index in [9.17, 15) is 9.50 Å². The molecule has 3 N–H and O–H groups in total. The molecule has 1 aliphatic rings. The van der Waals surface area contributed by atoms with Crippen LogP contribution in [0.2, 0.25) is 0 Å². The lowest BCUT2D eigenvalue weighted by Gasteiger charge is -2.45. The standard InChI is InChI=1S/C12H16FNO3/c1-16-10-3-2-8(13)4-9(10)12(6-17-7-12)11(15)5-14/h2-4,11,15H,5-7,14H2,1H3. The predicted octanol–water partition coefficient (Wildman–Crippen LogP) is 0.422. The molecule has 1 aromatic carbocycles. The molecule has 1 aliphatic heterocycles. The molecule has 0 bridgehead atoms. The zero-order valence-corrected chi connectivity index (χ0v) is 9.65. The second-order valence-electron chi connectivity index (χ2n) is 4.25. The summed E-state index contributed by atoms with van der Waals surface area (Å²) in [7, 11) is 1.51. The lowest BCUT2D eigenvalue weighted by Crippen LogP contribution is -2.57. The van der Waals surface area contributed by atoms with Gasteiger partial charge in [-0.05, 0) is 18.2 Å². The van der Waals surface area contributed by atoms with Crippen molar-refractivity contribution < 1.29 is 19.0 Å². The van der Waals surface area contributed by atoms with Crippen LogP contribution in [0.25, 0.3) is 0 Å². The van der Waals surface area contributed by atoms with E-state index in [0.29, 0.717) is 24.5 Å². The van der Waals surface area contributed by atoms with E-state index in [0.717, 1.165) is 0 Å². The van der Waals surface area contributed by atoms with E-state index in [1.807, 2.05) is 0 Å². The molecule has 1 atom stereocenters. The third kappa shape index (κ3) is 1.90. The van der Waals surface area contributed by atoms with Gasteiger partial charge in [-0.25, -0.2) is 4.39 Å². The topological polar surface area (TPSA) is 64.7 Å². The highest BCUT2D eigenvalue weighted by molar-refractivity contribution is 5.43. The minimum absolute atomic E-state index is 0.100. The van der Waals surface area contributed by atoms with Crippen LogP contribution >= 0.6 is 0 Å². The largest absolute Gasteiger partial charge is 0.496 e. The Morgan fingerprint density at radius 3 is 2.76 bits per heavy atom. The van der Waals surface area contributed by atoms with Gasteiger partial charge in [-0.15, -0.1) is 0 Å². The Kier molecular flexibility index (Phi) is 3.33. The normalized spacial score (nSPS) is 19.5. The summed E-state index contributed by atoms with van der Waals surface area (Å²) in [4.78, 5) is 0. The molecule has 0 amide bonds. The molecule has 0 radical (unpaired) electrons. The molecular weight excluding hydrogens is 225 g/mol. The number of aliphatic hydroxyl groups excluding tert-OH is 1. The molecule has 0 aromatic heterocycles. The number of methoxy groups -OCH3 is 1. The Morgan fingerprint density at radius 2 is 2.29 bits per heavy atom. The van der Waals surface area contributed by atoms with Crippen LogP contribution in [0.5, 0.6) is 5.75 Å². The summed E-state index contributed by atoms with van der Waals surface area (Å²) in [6.45, 7) is 0.749. The molecule has 5 heteroatoms. The van der Waals surface area contributed by atoms with Crippen LogP contribution in [-0.2, 0) is 10.2 Å². The summed E-state index contributed by atoms with van der Waals surface area (Å²) in [5, 5.41) is 10.0. The molecule has 2 rings (SSSR count). The van der Waals surface area contributed by atoms with Crippen molar-refractivity contribution >= 4 is 0 Å². The number of nitrogens with two attached hydrogens (primary N) is 1. The number of benzene rings is 1. The van der Waals surface area contributed by atoms with Gasteiger partial charge in [-0.1, -0.05) is 0 Å². The zero-order valence-electron chi connectivity index (χ0n) is 9.65. The van der Waals surface area contributed by atoms with Crippen LogP contribution in [0.3, 0.4) is 0 Å². The molecule has 0 aliphatic carbocycles. The first-order valence-corrected chi connectivity index (χ1v) is 5.44. The average molecular weight is 241 g/mol. The number of hydrogen-bond acceptors (Lipinski definition) is 4. The van der Waals surface area contributed by atoms with Gasteiger partial charge in [0, 0.05) is 12.1 Å². The molecule has 1 saturated heterocycles. The highest BCUT2D eigenvalue weighted by atomic mass is 19.1. The van der Waals surface area contributed by atoms with Crippen molar-refractivity contribution in [3.63, 3.8) is 0 Å². The third-order valence-corrected chi connectivity index (χ3v) is 3.28. The van der Waals surface area contributed by atoms with E-state index in [1.54, 1.807) is 6.07 Å². The smallest absolute Gasteiger partial charge is 0.123 e. The molecule has 1 fully saturated rings. The van der Waals surface area contributed by atoms with Gasteiger partial charge >= 0.3 is 0 Å². The highest BCUT2D eigenvalue weighted by Gasteiger charge is 2.48. The maximum absolute atomic E-state index is 13.3. The summed E-state index contributed by atoms with van der Waals surface area (Å²) in [6.07, 6.45) is -0.771. The van der Waals surface area contributed by atoms with Crippen molar-refractivity contribution in [2.75, 3.05) is 26.9 Å².